The molecule has 0 unspecified atom stereocenters. The van der Waals surface area contributed by atoms with Gasteiger partial charge in [-0.3, -0.25) is 0 Å². The fourth-order valence-corrected chi connectivity index (χ4v) is 8.14. The van der Waals surface area contributed by atoms with Gasteiger partial charge in [-0.15, -0.1) is 0 Å². The van der Waals surface area contributed by atoms with E-state index in [-0.39, 0.29) is 30.7 Å². The van der Waals surface area contributed by atoms with Crippen molar-refractivity contribution in [2.45, 2.75) is 134 Å². The third kappa shape index (κ3) is 8.99. The lowest BCUT2D eigenvalue weighted by atomic mass is 9.70. The molecule has 2 aromatic rings. The van der Waals surface area contributed by atoms with E-state index in [0.717, 1.165) is 36.2 Å². The van der Waals surface area contributed by atoms with E-state index in [1.165, 1.54) is 70.3 Å². The molecule has 0 amide bonds. The fraction of sp³-hybridized carbons (Fsp3) is 0.676. The Morgan fingerprint density at radius 3 is 1.93 bits per heavy atom. The second-order valence-corrected chi connectivity index (χ2v) is 13.9. The van der Waals surface area contributed by atoms with Crippen LogP contribution in [0.3, 0.4) is 0 Å². The molecule has 3 saturated carbocycles. The van der Waals surface area contributed by atoms with Crippen LogP contribution in [-0.2, 0) is 11.3 Å². The first-order valence-electron chi connectivity index (χ1n) is 17.2. The monoisotopic (exact) mass is 638 g/mol. The van der Waals surface area contributed by atoms with E-state index in [1.807, 2.05) is 6.07 Å². The van der Waals surface area contributed by atoms with Gasteiger partial charge in [0.2, 0.25) is 0 Å². The second kappa shape index (κ2) is 15.6. The molecule has 2 nitrogen and oxygen atoms in total. The Balaban J connectivity index is 1.03. The Morgan fingerprint density at radius 2 is 1.33 bits per heavy atom. The van der Waals surface area contributed by atoms with Crippen LogP contribution in [0.5, 0.6) is 5.75 Å². The molecule has 0 heterocycles. The fourth-order valence-electron chi connectivity index (χ4n) is 8.14. The van der Waals surface area contributed by atoms with Gasteiger partial charge in [0.05, 0.1) is 18.6 Å². The molecule has 0 spiro atoms. The Labute approximate surface area is 264 Å². The molecule has 0 aliphatic heterocycles. The highest BCUT2D eigenvalue weighted by molar-refractivity contribution is 5.28. The average molecular weight is 639 g/mol. The molecule has 5 rings (SSSR count). The van der Waals surface area contributed by atoms with E-state index in [1.54, 1.807) is 6.07 Å². The maximum Gasteiger partial charge on any atom is 0.400 e. The number of benzene rings is 2. The van der Waals surface area contributed by atoms with Crippen LogP contribution in [-0.4, -0.2) is 12.2 Å². The zero-order valence-corrected chi connectivity index (χ0v) is 26.5. The van der Waals surface area contributed by atoms with Gasteiger partial charge in [-0.1, -0.05) is 57.6 Å². The standard InChI is InChI=1S/C37H48F6O2/c1-2-3-4-5-24-6-9-26(10-7-24)27-13-17-30(18-14-27)44-23-25-8-19-32(33(38)20-25)28-11-15-29(16-12-28)37(42,43)45-31-21-34(39)36(41)35(40)22-31/h8,19-22,24,26-30H,2-7,9-18,23H2,1H3. The molecular formula is C37H48F6O2. The summed E-state index contributed by atoms with van der Waals surface area (Å²) in [6.07, 6.45) is 12.8. The van der Waals surface area contributed by atoms with Crippen molar-refractivity contribution in [1.82, 2.24) is 0 Å². The minimum Gasteiger partial charge on any atom is -0.432 e. The lowest BCUT2D eigenvalue weighted by Crippen LogP contribution is -2.37. The van der Waals surface area contributed by atoms with Gasteiger partial charge < -0.3 is 9.47 Å². The van der Waals surface area contributed by atoms with E-state index in [2.05, 4.69) is 11.7 Å². The van der Waals surface area contributed by atoms with Crippen molar-refractivity contribution in [3.8, 4) is 5.75 Å². The van der Waals surface area contributed by atoms with Crippen LogP contribution in [0.15, 0.2) is 30.3 Å². The molecule has 8 heteroatoms. The van der Waals surface area contributed by atoms with Gasteiger partial charge in [0, 0.05) is 12.1 Å². The lowest BCUT2D eigenvalue weighted by molar-refractivity contribution is -0.222. The molecule has 0 N–H and O–H groups in total. The summed E-state index contributed by atoms with van der Waals surface area (Å²) in [5, 5.41) is 0. The molecule has 0 saturated heterocycles. The van der Waals surface area contributed by atoms with Gasteiger partial charge >= 0.3 is 6.11 Å². The molecule has 3 fully saturated rings. The van der Waals surface area contributed by atoms with Crippen molar-refractivity contribution in [2.75, 3.05) is 0 Å². The number of ether oxygens (including phenoxy) is 2. The first kappa shape index (κ1) is 34.1. The molecule has 0 atom stereocenters. The quantitative estimate of drug-likeness (QED) is 0.131. The minimum atomic E-state index is -3.70. The number of alkyl halides is 2. The smallest absolute Gasteiger partial charge is 0.400 e. The van der Waals surface area contributed by atoms with Crippen molar-refractivity contribution in [3.05, 3.63) is 64.7 Å². The van der Waals surface area contributed by atoms with Crippen LogP contribution >= 0.6 is 0 Å². The van der Waals surface area contributed by atoms with Crippen molar-refractivity contribution in [2.24, 2.45) is 23.7 Å². The predicted octanol–water partition coefficient (Wildman–Crippen LogP) is 11.7. The highest BCUT2D eigenvalue weighted by Crippen LogP contribution is 2.45. The van der Waals surface area contributed by atoms with E-state index < -0.39 is 35.2 Å². The van der Waals surface area contributed by atoms with E-state index in [4.69, 9.17) is 4.74 Å². The summed E-state index contributed by atoms with van der Waals surface area (Å²) < 4.78 is 95.6. The second-order valence-electron chi connectivity index (χ2n) is 13.9. The normalized spacial score (nSPS) is 27.8. The lowest BCUT2D eigenvalue weighted by Gasteiger charge is -2.38. The van der Waals surface area contributed by atoms with Crippen LogP contribution in [0.1, 0.15) is 127 Å². The predicted molar refractivity (Wildman–Crippen MR) is 163 cm³/mol. The van der Waals surface area contributed by atoms with Gasteiger partial charge in [-0.25, -0.2) is 17.6 Å². The summed E-state index contributed by atoms with van der Waals surface area (Å²) in [6.45, 7) is 2.63. The van der Waals surface area contributed by atoms with Crippen molar-refractivity contribution in [3.63, 3.8) is 0 Å². The van der Waals surface area contributed by atoms with Crippen molar-refractivity contribution >= 4 is 0 Å². The Morgan fingerprint density at radius 1 is 0.711 bits per heavy atom. The maximum atomic E-state index is 15.2. The highest BCUT2D eigenvalue weighted by Gasteiger charge is 2.44. The Kier molecular flexibility index (Phi) is 11.8. The first-order valence-corrected chi connectivity index (χ1v) is 17.2. The van der Waals surface area contributed by atoms with Gasteiger partial charge in [-0.05, 0) is 105 Å². The molecule has 0 radical (unpaired) electrons. The number of hydrogen-bond donors (Lipinski definition) is 0. The van der Waals surface area contributed by atoms with Gasteiger partial charge in [-0.2, -0.15) is 8.78 Å². The van der Waals surface area contributed by atoms with Crippen LogP contribution in [0, 0.1) is 46.9 Å². The third-order valence-corrected chi connectivity index (χ3v) is 10.9. The summed E-state index contributed by atoms with van der Waals surface area (Å²) in [4.78, 5) is 0. The summed E-state index contributed by atoms with van der Waals surface area (Å²) in [5.41, 5.74) is 1.27. The number of rotatable bonds is 12. The first-order chi connectivity index (χ1) is 21.6. The Hall–Kier alpha value is -2.22. The van der Waals surface area contributed by atoms with E-state index >= 15 is 4.39 Å². The topological polar surface area (TPSA) is 18.5 Å². The number of hydrogen-bond acceptors (Lipinski definition) is 2. The maximum absolute atomic E-state index is 15.2. The van der Waals surface area contributed by atoms with E-state index in [0.29, 0.717) is 37.1 Å². The molecule has 0 bridgehead atoms. The summed E-state index contributed by atoms with van der Waals surface area (Å²) >= 11 is 0. The molecular weight excluding hydrogens is 590 g/mol. The SMILES string of the molecule is CCCCCC1CCC(C2CCC(OCc3ccc(C4CCC(C(F)(F)Oc5cc(F)c(F)c(F)c5)CC4)c(F)c3)CC2)CC1. The van der Waals surface area contributed by atoms with Crippen molar-refractivity contribution in [1.29, 1.82) is 0 Å². The Bertz CT molecular complexity index is 1200. The highest BCUT2D eigenvalue weighted by atomic mass is 19.3. The van der Waals surface area contributed by atoms with Crippen LogP contribution in [0.4, 0.5) is 26.3 Å². The van der Waals surface area contributed by atoms with Crippen molar-refractivity contribution < 1.29 is 35.8 Å². The molecule has 45 heavy (non-hydrogen) atoms. The molecule has 250 valence electrons. The third-order valence-electron chi connectivity index (χ3n) is 10.9. The van der Waals surface area contributed by atoms with E-state index in [9.17, 15) is 22.0 Å². The average Bonchev–Trinajstić information content (AvgIpc) is 3.03. The zero-order chi connectivity index (χ0) is 32.0. The molecule has 2 aromatic carbocycles. The van der Waals surface area contributed by atoms with Gasteiger partial charge in [0.15, 0.2) is 17.5 Å². The summed E-state index contributed by atoms with van der Waals surface area (Å²) in [7, 11) is 0. The number of unbranched alkanes of at least 4 members (excludes halogenated alkanes) is 2. The molecule has 0 aromatic heterocycles. The van der Waals surface area contributed by atoms with Gasteiger partial charge in [0.1, 0.15) is 11.6 Å². The molecule has 3 aliphatic rings. The summed E-state index contributed by atoms with van der Waals surface area (Å²) in [6, 6.07) is 5.93. The minimum absolute atomic E-state index is 0.0528. The molecule has 3 aliphatic carbocycles. The summed E-state index contributed by atoms with van der Waals surface area (Å²) in [5.74, 6) is -4.86. The zero-order valence-electron chi connectivity index (χ0n) is 26.5. The largest absolute Gasteiger partial charge is 0.432 e. The van der Waals surface area contributed by atoms with Gasteiger partial charge in [0.25, 0.3) is 0 Å². The van der Waals surface area contributed by atoms with Crippen LogP contribution in [0.25, 0.3) is 0 Å². The van der Waals surface area contributed by atoms with Crippen LogP contribution < -0.4 is 4.74 Å². The van der Waals surface area contributed by atoms with Crippen LogP contribution in [0.2, 0.25) is 0 Å². The number of halogens is 6.